The van der Waals surface area contributed by atoms with Gasteiger partial charge in [0.25, 0.3) is 0 Å². The molecular weight excluding hydrogens is 161 g/mol. The van der Waals surface area contributed by atoms with Gasteiger partial charge in [-0.2, -0.15) is 4.39 Å². The normalized spacial score (nSPS) is 9.42. The number of nitro groups is 1. The molecule has 0 heterocycles. The fourth-order valence-electron chi connectivity index (χ4n) is 0.765. The fourth-order valence-corrected chi connectivity index (χ4v) is 0.765. The number of nitrogens with zero attached hydrogens (tertiary/aromatic N) is 1. The summed E-state index contributed by atoms with van der Waals surface area (Å²) in [5.41, 5.74) is -0.132. The van der Waals surface area contributed by atoms with Crippen LogP contribution in [0.2, 0.25) is 0 Å². The van der Waals surface area contributed by atoms with Crippen LogP contribution in [0.4, 0.5) is 10.1 Å². The highest BCUT2D eigenvalue weighted by atomic mass is 19.1. The average molecular weight is 166 g/mol. The largest absolute Gasteiger partial charge is 0.304 e. The van der Waals surface area contributed by atoms with Gasteiger partial charge in [0, 0.05) is 6.07 Å². The van der Waals surface area contributed by atoms with Crippen LogP contribution in [0.5, 0.6) is 0 Å². The molecule has 0 N–H and O–H groups in total. The van der Waals surface area contributed by atoms with Crippen LogP contribution in [0.1, 0.15) is 5.56 Å². The van der Waals surface area contributed by atoms with Crippen LogP contribution in [0, 0.1) is 22.0 Å². The molecule has 12 heavy (non-hydrogen) atoms. The molecule has 1 aromatic rings. The Bertz CT molecular complexity index is 336. The molecule has 0 aromatic heterocycles. The Hall–Kier alpha value is -1.71. The van der Waals surface area contributed by atoms with Crippen molar-refractivity contribution in [1.82, 2.24) is 0 Å². The Morgan fingerprint density at radius 2 is 2.25 bits per heavy atom. The Kier molecular flexibility index (Phi) is 2.19. The summed E-state index contributed by atoms with van der Waals surface area (Å²) in [7, 11) is 0. The molecule has 0 aliphatic rings. The third kappa shape index (κ3) is 1.47. The van der Waals surface area contributed by atoms with E-state index in [0.717, 1.165) is 12.1 Å². The van der Waals surface area contributed by atoms with Crippen molar-refractivity contribution in [3.8, 4) is 0 Å². The molecule has 4 heteroatoms. The first-order chi connectivity index (χ1) is 5.65. The van der Waals surface area contributed by atoms with E-state index in [4.69, 9.17) is 0 Å². The van der Waals surface area contributed by atoms with Crippen LogP contribution in [0.25, 0.3) is 0 Å². The predicted octanol–water partition coefficient (Wildman–Crippen LogP) is 2.07. The highest BCUT2D eigenvalue weighted by Crippen LogP contribution is 2.17. The van der Waals surface area contributed by atoms with Gasteiger partial charge < -0.3 is 0 Å². The van der Waals surface area contributed by atoms with E-state index >= 15 is 0 Å². The maximum absolute atomic E-state index is 12.8. The molecule has 0 saturated heterocycles. The van der Waals surface area contributed by atoms with Gasteiger partial charge >= 0.3 is 5.69 Å². The van der Waals surface area contributed by atoms with Crippen LogP contribution in [-0.2, 0) is 0 Å². The van der Waals surface area contributed by atoms with E-state index in [9.17, 15) is 14.5 Å². The number of halogens is 1. The number of benzene rings is 1. The van der Waals surface area contributed by atoms with Gasteiger partial charge in [-0.05, 0) is 23.8 Å². The summed E-state index contributed by atoms with van der Waals surface area (Å²) in [6.45, 7) is 3.29. The van der Waals surface area contributed by atoms with Crippen molar-refractivity contribution >= 4 is 5.69 Å². The Morgan fingerprint density at radius 3 is 2.67 bits per heavy atom. The average Bonchev–Trinajstić information content (AvgIpc) is 2.03. The molecule has 61 valence electrons. The van der Waals surface area contributed by atoms with Gasteiger partial charge in [0.2, 0.25) is 5.82 Å². The lowest BCUT2D eigenvalue weighted by atomic mass is 10.2. The predicted molar refractivity (Wildman–Crippen MR) is 41.0 cm³/mol. The molecule has 3 nitrogen and oxygen atoms in total. The van der Waals surface area contributed by atoms with Gasteiger partial charge in [-0.1, -0.05) is 6.58 Å². The Labute approximate surface area is 68.3 Å². The van der Waals surface area contributed by atoms with Crippen LogP contribution >= 0.6 is 0 Å². The number of nitro benzene ring substituents is 1. The molecular formula is C8H5FNO2. The number of hydrogen-bond acceptors (Lipinski definition) is 2. The summed E-state index contributed by atoms with van der Waals surface area (Å²) in [5.74, 6) is -0.867. The fraction of sp³-hybridized carbons (Fsp3) is 0. The lowest BCUT2D eigenvalue weighted by molar-refractivity contribution is -0.387. The van der Waals surface area contributed by atoms with E-state index in [1.165, 1.54) is 6.07 Å². The van der Waals surface area contributed by atoms with Gasteiger partial charge in [0.1, 0.15) is 0 Å². The topological polar surface area (TPSA) is 43.1 Å². The Morgan fingerprint density at radius 1 is 1.58 bits per heavy atom. The smallest absolute Gasteiger partial charge is 0.258 e. The standard InChI is InChI=1S/C8H5FNO2/c1-2-6-3-4-8(10(11)12)7(9)5-6/h3-5H,1H2. The first kappa shape index (κ1) is 8.39. The summed E-state index contributed by atoms with van der Waals surface area (Å²) >= 11 is 0. The molecule has 0 aliphatic carbocycles. The zero-order valence-electron chi connectivity index (χ0n) is 6.08. The number of hydrogen-bond donors (Lipinski definition) is 0. The summed E-state index contributed by atoms with van der Waals surface area (Å²) in [6, 6.07) is 3.49. The highest BCUT2D eigenvalue weighted by Gasteiger charge is 2.12. The molecule has 0 aliphatic heterocycles. The van der Waals surface area contributed by atoms with Crippen molar-refractivity contribution in [3.63, 3.8) is 0 Å². The van der Waals surface area contributed by atoms with E-state index in [-0.39, 0.29) is 0 Å². The Balaban J connectivity index is 3.20. The van der Waals surface area contributed by atoms with Crippen molar-refractivity contribution in [1.29, 1.82) is 0 Å². The number of rotatable bonds is 2. The van der Waals surface area contributed by atoms with Gasteiger partial charge in [0.15, 0.2) is 0 Å². The minimum absolute atomic E-state index is 0.401. The minimum atomic E-state index is -0.867. The molecule has 0 saturated carbocycles. The molecule has 0 fully saturated rings. The van der Waals surface area contributed by atoms with E-state index in [1.54, 1.807) is 0 Å². The molecule has 0 unspecified atom stereocenters. The third-order valence-electron chi connectivity index (χ3n) is 1.35. The van der Waals surface area contributed by atoms with Gasteiger partial charge in [-0.3, -0.25) is 10.1 Å². The van der Waals surface area contributed by atoms with Crippen LogP contribution in [0.15, 0.2) is 24.8 Å². The van der Waals surface area contributed by atoms with Crippen LogP contribution < -0.4 is 0 Å². The second-order valence-electron chi connectivity index (χ2n) is 2.10. The van der Waals surface area contributed by atoms with Crippen molar-refractivity contribution in [3.05, 3.63) is 52.3 Å². The van der Waals surface area contributed by atoms with Gasteiger partial charge in [-0.25, -0.2) is 0 Å². The van der Waals surface area contributed by atoms with Crippen LogP contribution in [-0.4, -0.2) is 4.92 Å². The van der Waals surface area contributed by atoms with Gasteiger partial charge in [0.05, 0.1) is 4.92 Å². The highest BCUT2D eigenvalue weighted by molar-refractivity contribution is 5.36. The summed E-state index contributed by atoms with van der Waals surface area (Å²) in [5, 5.41) is 10.2. The summed E-state index contributed by atoms with van der Waals surface area (Å²) in [6.07, 6.45) is 2.42. The molecule has 1 aromatic carbocycles. The van der Waals surface area contributed by atoms with E-state index in [2.05, 4.69) is 12.7 Å². The molecule has 0 amide bonds. The first-order valence-electron chi connectivity index (χ1n) is 3.12. The second-order valence-corrected chi connectivity index (χ2v) is 2.10. The zero-order valence-corrected chi connectivity index (χ0v) is 6.08. The maximum Gasteiger partial charge on any atom is 0.304 e. The lowest BCUT2D eigenvalue weighted by Gasteiger charge is -1.94. The molecule has 0 bridgehead atoms. The second kappa shape index (κ2) is 3.13. The molecule has 0 atom stereocenters. The van der Waals surface area contributed by atoms with Crippen molar-refractivity contribution < 1.29 is 9.31 Å². The summed E-state index contributed by atoms with van der Waals surface area (Å²) in [4.78, 5) is 9.38. The summed E-state index contributed by atoms with van der Waals surface area (Å²) < 4.78 is 12.8. The monoisotopic (exact) mass is 166 g/mol. The first-order valence-corrected chi connectivity index (χ1v) is 3.12. The quantitative estimate of drug-likeness (QED) is 0.498. The lowest BCUT2D eigenvalue weighted by Crippen LogP contribution is -1.92. The maximum atomic E-state index is 12.8. The van der Waals surface area contributed by atoms with E-state index in [0.29, 0.717) is 5.56 Å². The zero-order chi connectivity index (χ0) is 9.14. The minimum Gasteiger partial charge on any atom is -0.258 e. The van der Waals surface area contributed by atoms with Crippen molar-refractivity contribution in [2.45, 2.75) is 0 Å². The van der Waals surface area contributed by atoms with Crippen LogP contribution in [0.3, 0.4) is 0 Å². The molecule has 1 radical (unpaired) electrons. The van der Waals surface area contributed by atoms with E-state index < -0.39 is 16.4 Å². The van der Waals surface area contributed by atoms with Crippen molar-refractivity contribution in [2.75, 3.05) is 0 Å². The van der Waals surface area contributed by atoms with Gasteiger partial charge in [-0.15, -0.1) is 0 Å². The van der Waals surface area contributed by atoms with Crippen molar-refractivity contribution in [2.24, 2.45) is 0 Å². The third-order valence-corrected chi connectivity index (χ3v) is 1.35. The molecule has 1 rings (SSSR count). The van der Waals surface area contributed by atoms with E-state index in [1.807, 2.05) is 0 Å². The SMILES string of the molecule is C=[C]c1ccc([N+](=O)[O-])c(F)c1. The molecule has 0 spiro atoms.